The standard InChI is InChI=1S/C25H21FN4O2/c1-2-32-22-13-11-21(12-14-22)29-25(31)18-5-9-20(10-6-18)28-23-15-16-27-24(30-23)17-3-7-19(26)8-4-17/h3-16H,2H2,1H3,(H,29,31)(H,27,28,30). The molecule has 1 heterocycles. The van der Waals surface area contributed by atoms with Crippen LogP contribution in [0.2, 0.25) is 0 Å². The van der Waals surface area contributed by atoms with Gasteiger partial charge in [0.1, 0.15) is 17.4 Å². The van der Waals surface area contributed by atoms with Crippen molar-refractivity contribution in [3.8, 4) is 17.1 Å². The molecule has 0 radical (unpaired) electrons. The zero-order valence-corrected chi connectivity index (χ0v) is 17.4. The molecular formula is C25H21FN4O2. The predicted octanol–water partition coefficient (Wildman–Crippen LogP) is 5.68. The lowest BCUT2D eigenvalue weighted by atomic mass is 10.2. The van der Waals surface area contributed by atoms with Gasteiger partial charge in [-0.25, -0.2) is 14.4 Å². The number of benzene rings is 3. The summed E-state index contributed by atoms with van der Waals surface area (Å²) in [5.74, 6) is 1.32. The number of hydrogen-bond acceptors (Lipinski definition) is 5. The molecule has 0 saturated heterocycles. The Balaban J connectivity index is 1.41. The highest BCUT2D eigenvalue weighted by Gasteiger charge is 2.08. The van der Waals surface area contributed by atoms with Gasteiger partial charge in [0, 0.05) is 28.7 Å². The van der Waals surface area contributed by atoms with Crippen LogP contribution in [0.25, 0.3) is 11.4 Å². The third-order valence-electron chi connectivity index (χ3n) is 4.60. The van der Waals surface area contributed by atoms with Crippen LogP contribution in [0.4, 0.5) is 21.6 Å². The number of rotatable bonds is 7. The number of halogens is 1. The van der Waals surface area contributed by atoms with E-state index in [0.717, 1.165) is 17.0 Å². The second-order valence-electron chi connectivity index (χ2n) is 6.89. The van der Waals surface area contributed by atoms with Crippen LogP contribution < -0.4 is 15.4 Å². The summed E-state index contributed by atoms with van der Waals surface area (Å²) in [5.41, 5.74) is 2.71. The molecule has 3 aromatic carbocycles. The Morgan fingerprint density at radius 3 is 2.28 bits per heavy atom. The first-order valence-electron chi connectivity index (χ1n) is 10.1. The normalized spacial score (nSPS) is 10.4. The second-order valence-corrected chi connectivity index (χ2v) is 6.89. The summed E-state index contributed by atoms with van der Waals surface area (Å²) >= 11 is 0. The van der Waals surface area contributed by atoms with Crippen LogP contribution in [-0.2, 0) is 0 Å². The van der Waals surface area contributed by atoms with Crippen molar-refractivity contribution in [3.63, 3.8) is 0 Å². The number of carbonyl (C=O) groups excluding carboxylic acids is 1. The van der Waals surface area contributed by atoms with Crippen molar-refractivity contribution < 1.29 is 13.9 Å². The van der Waals surface area contributed by atoms with Gasteiger partial charge in [-0.3, -0.25) is 4.79 Å². The molecule has 6 nitrogen and oxygen atoms in total. The smallest absolute Gasteiger partial charge is 0.255 e. The maximum absolute atomic E-state index is 13.1. The molecule has 0 aliphatic heterocycles. The summed E-state index contributed by atoms with van der Waals surface area (Å²) in [5, 5.41) is 6.05. The summed E-state index contributed by atoms with van der Waals surface area (Å²) in [6.45, 7) is 2.51. The van der Waals surface area contributed by atoms with Gasteiger partial charge in [0.05, 0.1) is 6.61 Å². The molecule has 1 aromatic heterocycles. The van der Waals surface area contributed by atoms with E-state index in [2.05, 4.69) is 20.6 Å². The van der Waals surface area contributed by atoms with E-state index in [1.54, 1.807) is 60.8 Å². The summed E-state index contributed by atoms with van der Waals surface area (Å²) in [6.07, 6.45) is 1.63. The molecule has 0 aliphatic rings. The maximum atomic E-state index is 13.1. The molecule has 0 bridgehead atoms. The number of amides is 1. The van der Waals surface area contributed by atoms with E-state index in [1.165, 1.54) is 12.1 Å². The molecule has 0 spiro atoms. The van der Waals surface area contributed by atoms with Gasteiger partial charge in [0.2, 0.25) is 0 Å². The SMILES string of the molecule is CCOc1ccc(NC(=O)c2ccc(Nc3ccnc(-c4ccc(F)cc4)n3)cc2)cc1. The number of anilines is 3. The third-order valence-corrected chi connectivity index (χ3v) is 4.60. The highest BCUT2D eigenvalue weighted by Crippen LogP contribution is 2.21. The fraction of sp³-hybridized carbons (Fsp3) is 0.0800. The fourth-order valence-corrected chi connectivity index (χ4v) is 3.02. The molecule has 0 fully saturated rings. The first-order chi connectivity index (χ1) is 15.6. The number of carbonyl (C=O) groups is 1. The van der Waals surface area contributed by atoms with E-state index >= 15 is 0 Å². The van der Waals surface area contributed by atoms with Gasteiger partial charge in [0.25, 0.3) is 5.91 Å². The molecule has 0 saturated carbocycles. The first kappa shape index (κ1) is 21.0. The quantitative estimate of drug-likeness (QED) is 0.396. The van der Waals surface area contributed by atoms with Crippen LogP contribution in [0.3, 0.4) is 0 Å². The topological polar surface area (TPSA) is 76.1 Å². The molecule has 0 unspecified atom stereocenters. The summed E-state index contributed by atoms with van der Waals surface area (Å²) in [7, 11) is 0. The van der Waals surface area contributed by atoms with E-state index in [1.807, 2.05) is 19.1 Å². The minimum Gasteiger partial charge on any atom is -0.494 e. The summed E-state index contributed by atoms with van der Waals surface area (Å²) < 4.78 is 18.5. The number of nitrogens with zero attached hydrogens (tertiary/aromatic N) is 2. The zero-order chi connectivity index (χ0) is 22.3. The Morgan fingerprint density at radius 2 is 1.59 bits per heavy atom. The highest BCUT2D eigenvalue weighted by molar-refractivity contribution is 6.04. The van der Waals surface area contributed by atoms with E-state index in [4.69, 9.17) is 4.74 Å². The molecule has 32 heavy (non-hydrogen) atoms. The Morgan fingerprint density at radius 1 is 0.906 bits per heavy atom. The molecule has 1 amide bonds. The lowest BCUT2D eigenvalue weighted by molar-refractivity contribution is 0.102. The number of hydrogen-bond donors (Lipinski definition) is 2. The second kappa shape index (κ2) is 9.70. The first-order valence-corrected chi connectivity index (χ1v) is 10.1. The average molecular weight is 428 g/mol. The molecule has 7 heteroatoms. The monoisotopic (exact) mass is 428 g/mol. The molecular weight excluding hydrogens is 407 g/mol. The van der Waals surface area contributed by atoms with Crippen molar-refractivity contribution in [2.45, 2.75) is 6.92 Å². The van der Waals surface area contributed by atoms with Crippen LogP contribution in [-0.4, -0.2) is 22.5 Å². The van der Waals surface area contributed by atoms with Crippen molar-refractivity contribution in [1.29, 1.82) is 0 Å². The Labute approximate surface area is 185 Å². The Bertz CT molecular complexity index is 1190. The van der Waals surface area contributed by atoms with Gasteiger partial charge in [-0.15, -0.1) is 0 Å². The lowest BCUT2D eigenvalue weighted by Crippen LogP contribution is -2.11. The third kappa shape index (κ3) is 5.26. The van der Waals surface area contributed by atoms with Crippen molar-refractivity contribution in [1.82, 2.24) is 9.97 Å². The van der Waals surface area contributed by atoms with Gasteiger partial charge in [-0.2, -0.15) is 0 Å². The van der Waals surface area contributed by atoms with Crippen LogP contribution in [0.1, 0.15) is 17.3 Å². The number of ether oxygens (including phenoxy) is 1. The molecule has 0 atom stereocenters. The predicted molar refractivity (Wildman–Crippen MR) is 123 cm³/mol. The van der Waals surface area contributed by atoms with E-state index < -0.39 is 0 Å². The van der Waals surface area contributed by atoms with E-state index in [9.17, 15) is 9.18 Å². The van der Waals surface area contributed by atoms with Crippen molar-refractivity contribution >= 4 is 23.1 Å². The maximum Gasteiger partial charge on any atom is 0.255 e. The fourth-order valence-electron chi connectivity index (χ4n) is 3.02. The molecule has 4 rings (SSSR count). The largest absolute Gasteiger partial charge is 0.494 e. The van der Waals surface area contributed by atoms with Gasteiger partial charge in [-0.1, -0.05) is 0 Å². The van der Waals surface area contributed by atoms with Gasteiger partial charge in [-0.05, 0) is 85.8 Å². The Hall–Kier alpha value is -4.26. The van der Waals surface area contributed by atoms with E-state index in [0.29, 0.717) is 29.5 Å². The average Bonchev–Trinajstić information content (AvgIpc) is 2.82. The van der Waals surface area contributed by atoms with Crippen molar-refractivity contribution in [3.05, 3.63) is 96.4 Å². The van der Waals surface area contributed by atoms with E-state index in [-0.39, 0.29) is 11.7 Å². The van der Waals surface area contributed by atoms with Crippen molar-refractivity contribution in [2.75, 3.05) is 17.2 Å². The highest BCUT2D eigenvalue weighted by atomic mass is 19.1. The van der Waals surface area contributed by atoms with Gasteiger partial charge < -0.3 is 15.4 Å². The van der Waals surface area contributed by atoms with Crippen molar-refractivity contribution in [2.24, 2.45) is 0 Å². The molecule has 4 aromatic rings. The molecule has 160 valence electrons. The van der Waals surface area contributed by atoms with Crippen LogP contribution in [0.5, 0.6) is 5.75 Å². The minimum atomic E-state index is -0.310. The van der Waals surface area contributed by atoms with Crippen LogP contribution in [0, 0.1) is 5.82 Å². The molecule has 0 aliphatic carbocycles. The Kier molecular flexibility index (Phi) is 6.36. The summed E-state index contributed by atoms with van der Waals surface area (Å²) in [4.78, 5) is 21.2. The number of nitrogens with one attached hydrogen (secondary N) is 2. The summed E-state index contributed by atoms with van der Waals surface area (Å²) in [6, 6.07) is 22.0. The van der Waals surface area contributed by atoms with Crippen LogP contribution in [0.15, 0.2) is 85.1 Å². The molecule has 2 N–H and O–H groups in total. The van der Waals surface area contributed by atoms with Crippen LogP contribution >= 0.6 is 0 Å². The lowest BCUT2D eigenvalue weighted by Gasteiger charge is -2.09. The van der Waals surface area contributed by atoms with Gasteiger partial charge >= 0.3 is 0 Å². The number of aromatic nitrogens is 2. The minimum absolute atomic E-state index is 0.207. The van der Waals surface area contributed by atoms with Gasteiger partial charge in [0.15, 0.2) is 5.82 Å². The zero-order valence-electron chi connectivity index (χ0n) is 17.4.